The second kappa shape index (κ2) is 9.04. The predicted octanol–water partition coefficient (Wildman–Crippen LogP) is 2.86. The molecule has 0 spiro atoms. The smallest absolute Gasteiger partial charge is 0.295 e. The Morgan fingerprint density at radius 1 is 0.938 bits per heavy atom. The van der Waals surface area contributed by atoms with Crippen LogP contribution in [0, 0.1) is 20.8 Å². The van der Waals surface area contributed by atoms with Gasteiger partial charge in [-0.1, -0.05) is 30.3 Å². The highest BCUT2D eigenvalue weighted by Crippen LogP contribution is 2.24. The molecule has 2 aromatic carbocycles. The first-order chi connectivity index (χ1) is 15.4. The molecule has 2 heterocycles. The summed E-state index contributed by atoms with van der Waals surface area (Å²) in [6.07, 6.45) is 0. The average Bonchev–Trinajstić information content (AvgIpc) is 3.00. The van der Waals surface area contributed by atoms with Gasteiger partial charge in [-0.15, -0.1) is 0 Å². The summed E-state index contributed by atoms with van der Waals surface area (Å²) in [7, 11) is 1.83. The van der Waals surface area contributed by atoms with E-state index in [4.69, 9.17) is 0 Å². The van der Waals surface area contributed by atoms with E-state index in [0.717, 1.165) is 37.6 Å². The maximum atomic E-state index is 13.0. The fraction of sp³-hybridized carbons (Fsp3) is 0.360. The normalized spacial score (nSPS) is 14.6. The first kappa shape index (κ1) is 21.9. The van der Waals surface area contributed by atoms with Gasteiger partial charge in [-0.05, 0) is 50.1 Å². The van der Waals surface area contributed by atoms with E-state index in [1.165, 1.54) is 16.8 Å². The van der Waals surface area contributed by atoms with Gasteiger partial charge in [-0.3, -0.25) is 19.2 Å². The summed E-state index contributed by atoms with van der Waals surface area (Å²) in [6, 6.07) is 15.8. The fourth-order valence-electron chi connectivity index (χ4n) is 4.32. The summed E-state index contributed by atoms with van der Waals surface area (Å²) in [5, 5.41) is 2.87. The Morgan fingerprint density at radius 2 is 1.62 bits per heavy atom. The van der Waals surface area contributed by atoms with Gasteiger partial charge in [0.1, 0.15) is 5.69 Å². The largest absolute Gasteiger partial charge is 0.369 e. The number of carbonyl (C=O) groups is 1. The van der Waals surface area contributed by atoms with Crippen LogP contribution in [0.15, 0.2) is 53.3 Å². The molecule has 7 nitrogen and oxygen atoms in total. The lowest BCUT2D eigenvalue weighted by atomic mass is 10.1. The molecule has 32 heavy (non-hydrogen) atoms. The Morgan fingerprint density at radius 3 is 2.31 bits per heavy atom. The first-order valence-electron chi connectivity index (χ1n) is 11.0. The Bertz CT molecular complexity index is 1170. The topological polar surface area (TPSA) is 62.5 Å². The highest BCUT2D eigenvalue weighted by Gasteiger charge is 2.22. The number of aryl methyl sites for hydroxylation is 1. The molecule has 0 saturated carbocycles. The minimum absolute atomic E-state index is 0.156. The lowest BCUT2D eigenvalue weighted by Crippen LogP contribution is -2.49. The number of para-hydroxylation sites is 1. The van der Waals surface area contributed by atoms with Crippen molar-refractivity contribution in [2.45, 2.75) is 20.8 Å². The van der Waals surface area contributed by atoms with Crippen LogP contribution in [0.3, 0.4) is 0 Å². The molecular weight excluding hydrogens is 402 g/mol. The van der Waals surface area contributed by atoms with Crippen molar-refractivity contribution in [1.82, 2.24) is 14.3 Å². The van der Waals surface area contributed by atoms with E-state index in [2.05, 4.69) is 47.2 Å². The third kappa shape index (κ3) is 4.21. The summed E-state index contributed by atoms with van der Waals surface area (Å²) in [4.78, 5) is 30.3. The van der Waals surface area contributed by atoms with E-state index in [1.807, 2.05) is 44.3 Å². The third-order valence-corrected chi connectivity index (χ3v) is 6.47. The van der Waals surface area contributed by atoms with Crippen LogP contribution >= 0.6 is 0 Å². The highest BCUT2D eigenvalue weighted by molar-refractivity contribution is 5.92. The van der Waals surface area contributed by atoms with Crippen molar-refractivity contribution in [1.29, 1.82) is 0 Å². The quantitative estimate of drug-likeness (QED) is 0.672. The summed E-state index contributed by atoms with van der Waals surface area (Å²) >= 11 is 0. The molecule has 0 unspecified atom stereocenters. The minimum Gasteiger partial charge on any atom is -0.369 e. The van der Waals surface area contributed by atoms with Crippen LogP contribution in [0.2, 0.25) is 0 Å². The van der Waals surface area contributed by atoms with Crippen LogP contribution in [-0.2, 0) is 11.8 Å². The van der Waals surface area contributed by atoms with Crippen molar-refractivity contribution in [3.63, 3.8) is 0 Å². The molecule has 0 atom stereocenters. The highest BCUT2D eigenvalue weighted by atomic mass is 16.2. The average molecular weight is 434 g/mol. The van der Waals surface area contributed by atoms with E-state index < -0.39 is 0 Å². The molecular formula is C25H31N5O2. The maximum Gasteiger partial charge on any atom is 0.295 e. The maximum absolute atomic E-state index is 13.0. The Hall–Kier alpha value is -3.32. The summed E-state index contributed by atoms with van der Waals surface area (Å²) in [6.45, 7) is 9.79. The van der Waals surface area contributed by atoms with E-state index in [0.29, 0.717) is 5.69 Å². The first-order valence-corrected chi connectivity index (χ1v) is 11.0. The van der Waals surface area contributed by atoms with Gasteiger partial charge in [-0.25, -0.2) is 4.68 Å². The Balaban J connectivity index is 1.40. The number of piperazine rings is 1. The Kier molecular flexibility index (Phi) is 6.19. The standard InChI is InChI=1S/C25H31N5O2/c1-18-9-8-12-22(19(18)2)29-15-13-28(14-16-29)17-23(31)26-24-20(3)27(4)30(25(24)32)21-10-6-5-7-11-21/h5-12H,13-17H2,1-4H3,(H,26,31). The van der Waals surface area contributed by atoms with Crippen molar-refractivity contribution in [2.24, 2.45) is 7.05 Å². The lowest BCUT2D eigenvalue weighted by molar-refractivity contribution is -0.117. The zero-order chi connectivity index (χ0) is 22.8. The van der Waals surface area contributed by atoms with E-state index in [1.54, 1.807) is 9.36 Å². The van der Waals surface area contributed by atoms with Crippen molar-refractivity contribution in [2.75, 3.05) is 42.9 Å². The number of hydrogen-bond donors (Lipinski definition) is 1. The Labute approximate surface area is 188 Å². The molecule has 7 heteroatoms. The fourth-order valence-corrected chi connectivity index (χ4v) is 4.32. The number of amides is 1. The van der Waals surface area contributed by atoms with Crippen molar-refractivity contribution in [3.05, 3.63) is 75.7 Å². The minimum atomic E-state index is -0.218. The molecule has 3 aromatic rings. The number of nitrogens with zero attached hydrogens (tertiary/aromatic N) is 4. The number of aromatic nitrogens is 2. The molecule has 1 aliphatic heterocycles. The summed E-state index contributed by atoms with van der Waals surface area (Å²) < 4.78 is 3.35. The van der Waals surface area contributed by atoms with Gasteiger partial charge < -0.3 is 10.2 Å². The molecule has 4 rings (SSSR count). The molecule has 1 N–H and O–H groups in total. The molecule has 1 aromatic heterocycles. The van der Waals surface area contributed by atoms with E-state index in [9.17, 15) is 9.59 Å². The molecule has 0 radical (unpaired) electrons. The van der Waals surface area contributed by atoms with Gasteiger partial charge in [0.15, 0.2) is 0 Å². The van der Waals surface area contributed by atoms with E-state index in [-0.39, 0.29) is 18.0 Å². The SMILES string of the molecule is Cc1cccc(N2CCN(CC(=O)Nc3c(C)n(C)n(-c4ccccc4)c3=O)CC2)c1C. The number of rotatable bonds is 5. The van der Waals surface area contributed by atoms with Gasteiger partial charge in [0, 0.05) is 38.9 Å². The number of hydrogen-bond acceptors (Lipinski definition) is 4. The summed E-state index contributed by atoms with van der Waals surface area (Å²) in [5.41, 5.74) is 5.50. The monoisotopic (exact) mass is 433 g/mol. The molecule has 1 aliphatic rings. The third-order valence-electron chi connectivity index (χ3n) is 6.47. The zero-order valence-corrected chi connectivity index (χ0v) is 19.3. The zero-order valence-electron chi connectivity index (χ0n) is 19.3. The van der Waals surface area contributed by atoms with Crippen LogP contribution in [-0.4, -0.2) is 52.9 Å². The molecule has 0 bridgehead atoms. The van der Waals surface area contributed by atoms with Gasteiger partial charge >= 0.3 is 0 Å². The van der Waals surface area contributed by atoms with Gasteiger partial charge in [-0.2, -0.15) is 0 Å². The van der Waals surface area contributed by atoms with Gasteiger partial charge in [0.05, 0.1) is 17.9 Å². The molecule has 1 fully saturated rings. The van der Waals surface area contributed by atoms with Crippen LogP contribution in [0.1, 0.15) is 16.8 Å². The van der Waals surface area contributed by atoms with E-state index >= 15 is 0 Å². The number of carbonyl (C=O) groups excluding carboxylic acids is 1. The van der Waals surface area contributed by atoms with Crippen LogP contribution in [0.4, 0.5) is 11.4 Å². The number of benzene rings is 2. The van der Waals surface area contributed by atoms with Crippen LogP contribution in [0.5, 0.6) is 0 Å². The van der Waals surface area contributed by atoms with Crippen molar-refractivity contribution in [3.8, 4) is 5.69 Å². The van der Waals surface area contributed by atoms with Crippen molar-refractivity contribution < 1.29 is 4.79 Å². The van der Waals surface area contributed by atoms with Crippen LogP contribution in [0.25, 0.3) is 5.69 Å². The van der Waals surface area contributed by atoms with Gasteiger partial charge in [0.2, 0.25) is 5.91 Å². The number of nitrogens with one attached hydrogen (secondary N) is 1. The molecule has 168 valence electrons. The molecule has 0 aliphatic carbocycles. The van der Waals surface area contributed by atoms with Crippen molar-refractivity contribution >= 4 is 17.3 Å². The molecule has 1 saturated heterocycles. The number of anilines is 2. The second-order valence-corrected chi connectivity index (χ2v) is 8.47. The molecule has 1 amide bonds. The lowest BCUT2D eigenvalue weighted by Gasteiger charge is -2.36. The van der Waals surface area contributed by atoms with Crippen LogP contribution < -0.4 is 15.8 Å². The second-order valence-electron chi connectivity index (χ2n) is 8.47. The predicted molar refractivity (Wildman–Crippen MR) is 129 cm³/mol. The summed E-state index contributed by atoms with van der Waals surface area (Å²) in [5.74, 6) is -0.156. The van der Waals surface area contributed by atoms with Gasteiger partial charge in [0.25, 0.3) is 5.56 Å².